The van der Waals surface area contributed by atoms with Crippen LogP contribution in [0.3, 0.4) is 0 Å². The molecule has 1 N–H and O–H groups in total. The fourth-order valence-corrected chi connectivity index (χ4v) is 4.21. The number of aromatic nitrogens is 5. The first-order chi connectivity index (χ1) is 11.4. The molecule has 0 radical (unpaired) electrons. The lowest BCUT2D eigenvalue weighted by atomic mass is 9.78. The first-order valence-corrected chi connectivity index (χ1v) is 8.23. The summed E-state index contributed by atoms with van der Waals surface area (Å²) >= 11 is 0. The van der Waals surface area contributed by atoms with Crippen LogP contribution in [0.1, 0.15) is 30.4 Å². The van der Waals surface area contributed by atoms with E-state index in [-0.39, 0.29) is 0 Å². The zero-order valence-electron chi connectivity index (χ0n) is 12.8. The Hall–Kier alpha value is -2.50. The van der Waals surface area contributed by atoms with Crippen molar-refractivity contribution in [2.24, 2.45) is 5.92 Å². The molecule has 1 aromatic carbocycles. The molecular weight excluding hydrogens is 288 g/mol. The van der Waals surface area contributed by atoms with Crippen molar-refractivity contribution >= 4 is 11.5 Å². The van der Waals surface area contributed by atoms with Gasteiger partial charge in [0.15, 0.2) is 5.65 Å². The van der Waals surface area contributed by atoms with Gasteiger partial charge in [0, 0.05) is 12.0 Å². The van der Waals surface area contributed by atoms with E-state index in [9.17, 15) is 0 Å². The van der Waals surface area contributed by atoms with Gasteiger partial charge in [-0.2, -0.15) is 0 Å². The van der Waals surface area contributed by atoms with Gasteiger partial charge in [-0.25, -0.2) is 0 Å². The van der Waals surface area contributed by atoms with E-state index in [1.54, 1.807) is 11.1 Å². The summed E-state index contributed by atoms with van der Waals surface area (Å²) in [5, 5.41) is 19.2. The molecule has 0 saturated heterocycles. The Morgan fingerprint density at radius 2 is 2.17 bits per heavy atom. The number of fused-ring (bicyclic) bond motifs is 3. The third-order valence-electron chi connectivity index (χ3n) is 5.45. The first-order valence-electron chi connectivity index (χ1n) is 8.23. The summed E-state index contributed by atoms with van der Waals surface area (Å²) in [5.74, 6) is 1.52. The molecule has 2 atom stereocenters. The lowest BCUT2D eigenvalue weighted by Gasteiger charge is -2.26. The van der Waals surface area contributed by atoms with Crippen LogP contribution in [0.15, 0.2) is 36.4 Å². The highest BCUT2D eigenvalue weighted by molar-refractivity contribution is 5.45. The molecule has 2 heterocycles. The van der Waals surface area contributed by atoms with Crippen LogP contribution in [0.5, 0.6) is 0 Å². The molecule has 1 spiro atoms. The second-order valence-corrected chi connectivity index (χ2v) is 6.69. The van der Waals surface area contributed by atoms with Crippen LogP contribution < -0.4 is 5.32 Å². The molecular formula is C17H18N6. The van der Waals surface area contributed by atoms with Crippen LogP contribution in [0, 0.1) is 5.92 Å². The maximum atomic E-state index is 4.38. The van der Waals surface area contributed by atoms with Crippen molar-refractivity contribution in [3.63, 3.8) is 0 Å². The van der Waals surface area contributed by atoms with Crippen molar-refractivity contribution in [3.05, 3.63) is 47.5 Å². The molecule has 2 aromatic heterocycles. The molecule has 0 unspecified atom stereocenters. The van der Waals surface area contributed by atoms with Crippen molar-refractivity contribution in [1.29, 1.82) is 0 Å². The average molecular weight is 306 g/mol. The number of nitrogens with zero attached hydrogens (tertiary/aromatic N) is 5. The third-order valence-corrected chi connectivity index (χ3v) is 5.45. The minimum atomic E-state index is 0.404. The first kappa shape index (κ1) is 13.0. The Kier molecular flexibility index (Phi) is 2.68. The monoisotopic (exact) mass is 306 g/mol. The molecule has 116 valence electrons. The van der Waals surface area contributed by atoms with Crippen LogP contribution >= 0.6 is 0 Å². The molecule has 6 nitrogen and oxygen atoms in total. The summed E-state index contributed by atoms with van der Waals surface area (Å²) < 4.78 is 1.46. The lowest BCUT2D eigenvalue weighted by Crippen LogP contribution is -2.21. The molecule has 2 aliphatic rings. The molecule has 3 aromatic rings. The van der Waals surface area contributed by atoms with Crippen LogP contribution in [-0.2, 0) is 11.8 Å². The number of anilines is 1. The van der Waals surface area contributed by atoms with Crippen LogP contribution in [-0.4, -0.2) is 31.8 Å². The number of hydrogen-bond donors (Lipinski definition) is 1. The second-order valence-electron chi connectivity index (χ2n) is 6.69. The van der Waals surface area contributed by atoms with Crippen molar-refractivity contribution in [2.45, 2.75) is 31.1 Å². The Labute approximate surface area is 133 Å². The SMILES string of the molecule is c1ccc2c(c1)CCC[C@]21C[C@@H]1CNc1ccc2nnnn2n1. The average Bonchev–Trinajstić information content (AvgIpc) is 3.06. The molecule has 0 aliphatic heterocycles. The Balaban J connectivity index is 1.34. The smallest absolute Gasteiger partial charge is 0.200 e. The van der Waals surface area contributed by atoms with Gasteiger partial charge in [0.25, 0.3) is 0 Å². The highest BCUT2D eigenvalue weighted by Crippen LogP contribution is 2.60. The summed E-state index contributed by atoms with van der Waals surface area (Å²) in [5.41, 5.74) is 4.21. The van der Waals surface area contributed by atoms with Crippen LogP contribution in [0.2, 0.25) is 0 Å². The summed E-state index contributed by atoms with van der Waals surface area (Å²) in [7, 11) is 0. The Morgan fingerprint density at radius 3 is 3.17 bits per heavy atom. The zero-order chi connectivity index (χ0) is 15.3. The predicted octanol–water partition coefficient (Wildman–Crippen LogP) is 2.23. The van der Waals surface area contributed by atoms with Gasteiger partial charge in [0.2, 0.25) is 0 Å². The highest BCUT2D eigenvalue weighted by atomic mass is 15.6. The summed E-state index contributed by atoms with van der Waals surface area (Å²) in [4.78, 5) is 0. The van der Waals surface area contributed by atoms with Gasteiger partial charge in [-0.1, -0.05) is 24.3 Å². The number of nitrogens with one attached hydrogen (secondary N) is 1. The van der Waals surface area contributed by atoms with Gasteiger partial charge in [0.1, 0.15) is 5.82 Å². The van der Waals surface area contributed by atoms with E-state index in [2.05, 4.69) is 50.2 Å². The number of rotatable bonds is 3. The molecule has 6 heteroatoms. The van der Waals surface area contributed by atoms with Crippen LogP contribution in [0.25, 0.3) is 5.65 Å². The fourth-order valence-electron chi connectivity index (χ4n) is 4.21. The van der Waals surface area contributed by atoms with E-state index in [4.69, 9.17) is 0 Å². The molecule has 0 bridgehead atoms. The number of hydrogen-bond acceptors (Lipinski definition) is 5. The fraction of sp³-hybridized carbons (Fsp3) is 0.412. The van der Waals surface area contributed by atoms with Crippen molar-refractivity contribution in [3.8, 4) is 0 Å². The quantitative estimate of drug-likeness (QED) is 0.803. The maximum Gasteiger partial charge on any atom is 0.200 e. The third kappa shape index (κ3) is 2.01. The van der Waals surface area contributed by atoms with Gasteiger partial charge in [-0.3, -0.25) is 0 Å². The van der Waals surface area contributed by atoms with Crippen LogP contribution in [0.4, 0.5) is 5.82 Å². The van der Waals surface area contributed by atoms with E-state index in [0.29, 0.717) is 17.0 Å². The van der Waals surface area contributed by atoms with E-state index in [1.165, 1.54) is 30.3 Å². The minimum absolute atomic E-state index is 0.404. The number of benzene rings is 1. The Morgan fingerprint density at radius 1 is 1.22 bits per heavy atom. The van der Waals surface area contributed by atoms with Crippen molar-refractivity contribution in [1.82, 2.24) is 25.3 Å². The van der Waals surface area contributed by atoms with E-state index in [0.717, 1.165) is 12.4 Å². The van der Waals surface area contributed by atoms with Crippen molar-refractivity contribution in [2.75, 3.05) is 11.9 Å². The van der Waals surface area contributed by atoms with Crippen molar-refractivity contribution < 1.29 is 0 Å². The normalized spacial score (nSPS) is 25.5. The lowest BCUT2D eigenvalue weighted by molar-refractivity contribution is 0.503. The standard InChI is InChI=1S/C17H18N6/c1-2-6-14-12(4-1)5-3-9-17(14)10-13(17)11-18-15-7-8-16-19-21-22-23(16)20-15/h1-2,4,6-8,13H,3,5,9-11H2,(H,18,20)/t13-,17-/m1/s1. The second kappa shape index (κ2) is 4.75. The molecule has 0 amide bonds. The minimum Gasteiger partial charge on any atom is -0.368 e. The topological polar surface area (TPSA) is 68.0 Å². The molecule has 23 heavy (non-hydrogen) atoms. The highest BCUT2D eigenvalue weighted by Gasteiger charge is 2.55. The number of tetrazole rings is 1. The Bertz CT molecular complexity index is 872. The summed E-state index contributed by atoms with van der Waals surface area (Å²) in [6.07, 6.45) is 5.14. The molecule has 2 aliphatic carbocycles. The van der Waals surface area contributed by atoms with E-state index >= 15 is 0 Å². The van der Waals surface area contributed by atoms with Gasteiger partial charge < -0.3 is 5.32 Å². The molecule has 1 fully saturated rings. The largest absolute Gasteiger partial charge is 0.368 e. The molecule has 1 saturated carbocycles. The number of aryl methyl sites for hydroxylation is 1. The maximum absolute atomic E-state index is 4.38. The van der Waals surface area contributed by atoms with Gasteiger partial charge >= 0.3 is 0 Å². The van der Waals surface area contributed by atoms with E-state index < -0.39 is 0 Å². The predicted molar refractivity (Wildman–Crippen MR) is 86.2 cm³/mol. The van der Waals surface area contributed by atoms with Gasteiger partial charge in [0.05, 0.1) is 0 Å². The summed E-state index contributed by atoms with van der Waals surface area (Å²) in [6.45, 7) is 0.953. The molecule has 5 rings (SSSR count). The summed E-state index contributed by atoms with van der Waals surface area (Å²) in [6, 6.07) is 12.8. The van der Waals surface area contributed by atoms with Gasteiger partial charge in [-0.15, -0.1) is 14.8 Å². The zero-order valence-corrected chi connectivity index (χ0v) is 12.8. The van der Waals surface area contributed by atoms with Gasteiger partial charge in [-0.05, 0) is 65.3 Å². The van der Waals surface area contributed by atoms with E-state index in [1.807, 2.05) is 12.1 Å².